The van der Waals surface area contributed by atoms with E-state index in [2.05, 4.69) is 5.32 Å². The molecule has 3 aromatic rings. The minimum Gasteiger partial charge on any atom is -0.455 e. The first-order valence-electron chi connectivity index (χ1n) is 9.15. The van der Waals surface area contributed by atoms with Crippen LogP contribution < -0.4 is 5.32 Å². The first-order valence-corrected chi connectivity index (χ1v) is 9.15. The molecular formula is C24H21NO3. The van der Waals surface area contributed by atoms with Crippen molar-refractivity contribution in [2.24, 2.45) is 0 Å². The van der Waals surface area contributed by atoms with Crippen LogP contribution in [-0.2, 0) is 20.1 Å². The van der Waals surface area contributed by atoms with Crippen LogP contribution in [0.25, 0.3) is 5.76 Å². The standard InChI is InChI=1S/C24H21NO3/c1-27-24(20-15-9-4-10-16-20)23(19-13-7-3-8-14-19)25-22(26)17-21(28-24)18-11-5-2-6-12-18/h2-17,23H,1H3,(H,25,26). The van der Waals surface area contributed by atoms with E-state index in [0.717, 1.165) is 16.7 Å². The maximum atomic E-state index is 12.8. The van der Waals surface area contributed by atoms with E-state index in [1.165, 1.54) is 6.08 Å². The number of carbonyl (C=O) groups excluding carboxylic acids is 1. The summed E-state index contributed by atoms with van der Waals surface area (Å²) in [5.41, 5.74) is 2.52. The average Bonchev–Trinajstić information content (AvgIpc) is 2.92. The normalized spacial score (nSPS) is 21.8. The summed E-state index contributed by atoms with van der Waals surface area (Å²) in [7, 11) is 1.60. The Bertz CT molecular complexity index is 971. The smallest absolute Gasteiger partial charge is 0.261 e. The van der Waals surface area contributed by atoms with Crippen molar-refractivity contribution < 1.29 is 14.3 Å². The molecule has 2 atom stereocenters. The summed E-state index contributed by atoms with van der Waals surface area (Å²) in [4.78, 5) is 12.8. The van der Waals surface area contributed by atoms with Crippen LogP contribution in [0.3, 0.4) is 0 Å². The summed E-state index contributed by atoms with van der Waals surface area (Å²) < 4.78 is 12.5. The Kier molecular flexibility index (Phi) is 4.96. The minimum atomic E-state index is -1.23. The molecule has 4 heteroatoms. The molecule has 4 nitrogen and oxygen atoms in total. The van der Waals surface area contributed by atoms with Crippen molar-refractivity contribution in [2.45, 2.75) is 11.8 Å². The Balaban J connectivity index is 1.89. The van der Waals surface area contributed by atoms with Crippen molar-refractivity contribution in [1.82, 2.24) is 5.32 Å². The fraction of sp³-hybridized carbons (Fsp3) is 0.125. The fourth-order valence-electron chi connectivity index (χ4n) is 3.52. The van der Waals surface area contributed by atoms with Gasteiger partial charge in [0.1, 0.15) is 11.8 Å². The molecule has 2 unspecified atom stereocenters. The molecule has 1 aliphatic heterocycles. The molecule has 1 N–H and O–H groups in total. The second-order valence-electron chi connectivity index (χ2n) is 6.57. The van der Waals surface area contributed by atoms with Crippen molar-refractivity contribution in [3.05, 3.63) is 114 Å². The predicted octanol–water partition coefficient (Wildman–Crippen LogP) is 4.41. The highest BCUT2D eigenvalue weighted by Crippen LogP contribution is 2.44. The topological polar surface area (TPSA) is 47.6 Å². The molecular weight excluding hydrogens is 350 g/mol. The molecule has 0 fully saturated rings. The number of ether oxygens (including phenoxy) is 2. The molecule has 0 bridgehead atoms. The first kappa shape index (κ1) is 18.0. The van der Waals surface area contributed by atoms with Gasteiger partial charge in [-0.05, 0) is 5.56 Å². The molecule has 3 aromatic carbocycles. The second-order valence-corrected chi connectivity index (χ2v) is 6.57. The molecule has 1 amide bonds. The van der Waals surface area contributed by atoms with Gasteiger partial charge in [0.2, 0.25) is 5.91 Å². The van der Waals surface area contributed by atoms with Gasteiger partial charge in [0, 0.05) is 24.3 Å². The van der Waals surface area contributed by atoms with E-state index in [1.807, 2.05) is 91.0 Å². The van der Waals surface area contributed by atoms with E-state index in [0.29, 0.717) is 5.76 Å². The van der Waals surface area contributed by atoms with Gasteiger partial charge in [-0.1, -0.05) is 91.0 Å². The lowest BCUT2D eigenvalue weighted by molar-refractivity contribution is -0.211. The van der Waals surface area contributed by atoms with Crippen molar-refractivity contribution in [1.29, 1.82) is 0 Å². The van der Waals surface area contributed by atoms with Gasteiger partial charge in [-0.2, -0.15) is 0 Å². The molecule has 0 spiro atoms. The first-order chi connectivity index (χ1) is 13.7. The Morgan fingerprint density at radius 1 is 0.857 bits per heavy atom. The summed E-state index contributed by atoms with van der Waals surface area (Å²) in [5, 5.41) is 3.07. The lowest BCUT2D eigenvalue weighted by Crippen LogP contribution is -2.45. The van der Waals surface area contributed by atoms with Crippen LogP contribution in [0.2, 0.25) is 0 Å². The Hall–Kier alpha value is -3.37. The lowest BCUT2D eigenvalue weighted by Gasteiger charge is -2.39. The zero-order chi connectivity index (χ0) is 19.4. The molecule has 1 aliphatic rings. The number of hydrogen-bond acceptors (Lipinski definition) is 3. The van der Waals surface area contributed by atoms with Crippen molar-refractivity contribution in [3.8, 4) is 0 Å². The monoisotopic (exact) mass is 371 g/mol. The number of benzene rings is 3. The molecule has 0 aromatic heterocycles. The van der Waals surface area contributed by atoms with Gasteiger partial charge in [0.15, 0.2) is 0 Å². The summed E-state index contributed by atoms with van der Waals surface area (Å²) in [5.74, 6) is -0.999. The number of methoxy groups -OCH3 is 1. The van der Waals surface area contributed by atoms with Crippen LogP contribution in [0.1, 0.15) is 22.7 Å². The zero-order valence-electron chi connectivity index (χ0n) is 15.5. The van der Waals surface area contributed by atoms with Crippen LogP contribution in [-0.4, -0.2) is 13.0 Å². The van der Waals surface area contributed by atoms with E-state index in [4.69, 9.17) is 9.47 Å². The van der Waals surface area contributed by atoms with Gasteiger partial charge in [-0.25, -0.2) is 0 Å². The molecule has 0 saturated heterocycles. The van der Waals surface area contributed by atoms with Gasteiger partial charge in [0.05, 0.1) is 0 Å². The predicted molar refractivity (Wildman–Crippen MR) is 108 cm³/mol. The highest BCUT2D eigenvalue weighted by atomic mass is 16.7. The van der Waals surface area contributed by atoms with Crippen LogP contribution in [0.5, 0.6) is 0 Å². The summed E-state index contributed by atoms with van der Waals surface area (Å²) in [6.45, 7) is 0. The minimum absolute atomic E-state index is 0.234. The molecule has 0 saturated carbocycles. The fourth-order valence-corrected chi connectivity index (χ4v) is 3.52. The number of amides is 1. The van der Waals surface area contributed by atoms with E-state index < -0.39 is 11.8 Å². The Morgan fingerprint density at radius 2 is 1.43 bits per heavy atom. The Morgan fingerprint density at radius 3 is 2.04 bits per heavy atom. The number of rotatable bonds is 4. The maximum absolute atomic E-state index is 12.8. The zero-order valence-corrected chi connectivity index (χ0v) is 15.5. The van der Waals surface area contributed by atoms with E-state index in [-0.39, 0.29) is 5.91 Å². The van der Waals surface area contributed by atoms with Gasteiger partial charge >= 0.3 is 0 Å². The van der Waals surface area contributed by atoms with Crippen molar-refractivity contribution >= 4 is 11.7 Å². The molecule has 28 heavy (non-hydrogen) atoms. The van der Waals surface area contributed by atoms with Crippen molar-refractivity contribution in [2.75, 3.05) is 7.11 Å². The SMILES string of the molecule is COC1(c2ccccc2)OC(c2ccccc2)=CC(=O)NC1c1ccccc1. The Labute approximate surface area is 164 Å². The van der Waals surface area contributed by atoms with Crippen LogP contribution in [0.15, 0.2) is 97.1 Å². The van der Waals surface area contributed by atoms with Crippen LogP contribution in [0, 0.1) is 0 Å². The van der Waals surface area contributed by atoms with Crippen LogP contribution in [0.4, 0.5) is 0 Å². The van der Waals surface area contributed by atoms with Crippen molar-refractivity contribution in [3.63, 3.8) is 0 Å². The molecule has 0 aliphatic carbocycles. The summed E-state index contributed by atoms with van der Waals surface area (Å²) in [6.07, 6.45) is 1.48. The second kappa shape index (κ2) is 7.71. The van der Waals surface area contributed by atoms with Gasteiger partial charge in [0.25, 0.3) is 5.79 Å². The number of hydrogen-bond donors (Lipinski definition) is 1. The summed E-state index contributed by atoms with van der Waals surface area (Å²) >= 11 is 0. The average molecular weight is 371 g/mol. The number of nitrogens with one attached hydrogen (secondary N) is 1. The highest BCUT2D eigenvalue weighted by Gasteiger charge is 2.47. The lowest BCUT2D eigenvalue weighted by atomic mass is 9.91. The third kappa shape index (κ3) is 3.30. The van der Waals surface area contributed by atoms with Gasteiger partial charge in [-0.15, -0.1) is 0 Å². The van der Waals surface area contributed by atoms with E-state index in [1.54, 1.807) is 7.11 Å². The molecule has 1 heterocycles. The van der Waals surface area contributed by atoms with Gasteiger partial charge in [-0.3, -0.25) is 4.79 Å². The van der Waals surface area contributed by atoms with Gasteiger partial charge < -0.3 is 14.8 Å². The quantitative estimate of drug-likeness (QED) is 0.739. The maximum Gasteiger partial charge on any atom is 0.261 e. The molecule has 4 rings (SSSR count). The highest BCUT2D eigenvalue weighted by molar-refractivity contribution is 5.94. The van der Waals surface area contributed by atoms with E-state index in [9.17, 15) is 4.79 Å². The largest absolute Gasteiger partial charge is 0.455 e. The van der Waals surface area contributed by atoms with E-state index >= 15 is 0 Å². The third-order valence-electron chi connectivity index (χ3n) is 4.86. The third-order valence-corrected chi connectivity index (χ3v) is 4.86. The summed E-state index contributed by atoms with van der Waals surface area (Å²) in [6, 6.07) is 28.4. The van der Waals surface area contributed by atoms with Crippen LogP contribution >= 0.6 is 0 Å². The number of carbonyl (C=O) groups is 1. The molecule has 140 valence electrons. The molecule has 0 radical (unpaired) electrons.